The first-order valence-corrected chi connectivity index (χ1v) is 7.58. The Morgan fingerprint density at radius 1 is 1.11 bits per heavy atom. The van der Waals surface area contributed by atoms with Crippen LogP contribution in [-0.4, -0.2) is 41.4 Å². The Bertz CT molecular complexity index is 288. The molecule has 2 aliphatic rings. The highest BCUT2D eigenvalue weighted by atomic mass is 16.7. The second-order valence-corrected chi connectivity index (χ2v) is 6.52. The van der Waals surface area contributed by atoms with Gasteiger partial charge in [-0.2, -0.15) is 0 Å². The second kappa shape index (κ2) is 6.08. The molecule has 0 radical (unpaired) electrons. The molecule has 112 valence electrons. The van der Waals surface area contributed by atoms with E-state index in [1.165, 1.54) is 0 Å². The molecule has 0 aromatic heterocycles. The maximum atomic E-state index is 9.43. The predicted molar refractivity (Wildman–Crippen MR) is 72.6 cm³/mol. The van der Waals surface area contributed by atoms with Crippen LogP contribution in [0.15, 0.2) is 0 Å². The van der Waals surface area contributed by atoms with E-state index in [1.807, 2.05) is 6.92 Å². The molecule has 2 saturated heterocycles. The number of rotatable bonds is 3. The van der Waals surface area contributed by atoms with E-state index in [9.17, 15) is 10.2 Å². The minimum atomic E-state index is -0.527. The Balaban J connectivity index is 2.07. The Kier molecular flexibility index (Phi) is 4.88. The van der Waals surface area contributed by atoms with E-state index in [0.29, 0.717) is 11.8 Å². The van der Waals surface area contributed by atoms with Crippen LogP contribution in [0.2, 0.25) is 0 Å². The van der Waals surface area contributed by atoms with Crippen molar-refractivity contribution in [3.8, 4) is 0 Å². The number of aliphatic hydroxyl groups is 2. The SMILES string of the molecule is CC(CO)[C@@H]1O[C@]2(CC[C@@H](C)[C@H](CO)O2)CC[C@@H]1C. The summed E-state index contributed by atoms with van der Waals surface area (Å²) in [5, 5.41) is 18.8. The standard InChI is InChI=1S/C15H28O4/c1-10-4-6-15(18-13(10)9-17)7-5-11(2)14(19-15)12(3)8-16/h10-14,16-17H,4-9H2,1-3H3/t10-,11+,12?,13+,14-,15-/m1/s1. The fourth-order valence-electron chi connectivity index (χ4n) is 3.39. The number of hydrogen-bond donors (Lipinski definition) is 2. The Morgan fingerprint density at radius 3 is 2.32 bits per heavy atom. The Morgan fingerprint density at radius 2 is 1.74 bits per heavy atom. The van der Waals surface area contributed by atoms with E-state index in [2.05, 4.69) is 13.8 Å². The van der Waals surface area contributed by atoms with Crippen LogP contribution in [0.4, 0.5) is 0 Å². The van der Waals surface area contributed by atoms with E-state index in [0.717, 1.165) is 25.7 Å². The fraction of sp³-hybridized carbons (Fsp3) is 1.00. The van der Waals surface area contributed by atoms with Gasteiger partial charge in [0.2, 0.25) is 0 Å². The average molecular weight is 272 g/mol. The topological polar surface area (TPSA) is 58.9 Å². The lowest BCUT2D eigenvalue weighted by Gasteiger charge is -2.50. The van der Waals surface area contributed by atoms with Gasteiger partial charge in [-0.15, -0.1) is 0 Å². The molecule has 4 heteroatoms. The average Bonchev–Trinajstić information content (AvgIpc) is 2.43. The van der Waals surface area contributed by atoms with Gasteiger partial charge >= 0.3 is 0 Å². The van der Waals surface area contributed by atoms with Gasteiger partial charge in [0, 0.05) is 25.4 Å². The minimum Gasteiger partial charge on any atom is -0.396 e. The van der Waals surface area contributed by atoms with E-state index < -0.39 is 5.79 Å². The molecule has 0 aromatic rings. The maximum absolute atomic E-state index is 9.43. The zero-order valence-corrected chi connectivity index (χ0v) is 12.3. The van der Waals surface area contributed by atoms with Crippen LogP contribution in [-0.2, 0) is 9.47 Å². The van der Waals surface area contributed by atoms with Crippen LogP contribution in [0, 0.1) is 17.8 Å². The van der Waals surface area contributed by atoms with Crippen molar-refractivity contribution in [2.45, 2.75) is 64.4 Å². The fourth-order valence-corrected chi connectivity index (χ4v) is 3.39. The van der Waals surface area contributed by atoms with Gasteiger partial charge in [0.05, 0.1) is 18.8 Å². The van der Waals surface area contributed by atoms with Gasteiger partial charge in [0.25, 0.3) is 0 Å². The lowest BCUT2D eigenvalue weighted by Crippen LogP contribution is -2.54. The van der Waals surface area contributed by atoms with Gasteiger partial charge in [-0.25, -0.2) is 0 Å². The number of aliphatic hydroxyl groups excluding tert-OH is 2. The lowest BCUT2D eigenvalue weighted by molar-refractivity contribution is -0.340. The van der Waals surface area contributed by atoms with E-state index in [-0.39, 0.29) is 31.3 Å². The second-order valence-electron chi connectivity index (χ2n) is 6.52. The summed E-state index contributed by atoms with van der Waals surface area (Å²) in [6.45, 7) is 6.52. The smallest absolute Gasteiger partial charge is 0.169 e. The zero-order chi connectivity index (χ0) is 14.0. The third-order valence-electron chi connectivity index (χ3n) is 4.90. The van der Waals surface area contributed by atoms with Gasteiger partial charge in [0.15, 0.2) is 5.79 Å². The first-order chi connectivity index (χ1) is 9.01. The molecule has 2 fully saturated rings. The van der Waals surface area contributed by atoms with Gasteiger partial charge < -0.3 is 19.7 Å². The first-order valence-electron chi connectivity index (χ1n) is 7.58. The van der Waals surface area contributed by atoms with Crippen molar-refractivity contribution in [1.29, 1.82) is 0 Å². The van der Waals surface area contributed by atoms with Crippen molar-refractivity contribution in [3.63, 3.8) is 0 Å². The van der Waals surface area contributed by atoms with Crippen molar-refractivity contribution in [1.82, 2.24) is 0 Å². The number of ether oxygens (including phenoxy) is 2. The van der Waals surface area contributed by atoms with Gasteiger partial charge in [-0.3, -0.25) is 0 Å². The zero-order valence-electron chi connectivity index (χ0n) is 12.3. The van der Waals surface area contributed by atoms with Gasteiger partial charge in [-0.1, -0.05) is 20.8 Å². The van der Waals surface area contributed by atoms with Crippen LogP contribution < -0.4 is 0 Å². The molecule has 19 heavy (non-hydrogen) atoms. The highest BCUT2D eigenvalue weighted by molar-refractivity contribution is 4.89. The normalized spacial score (nSPS) is 45.3. The van der Waals surface area contributed by atoms with Crippen LogP contribution in [0.5, 0.6) is 0 Å². The van der Waals surface area contributed by atoms with Crippen LogP contribution in [0.1, 0.15) is 46.5 Å². The predicted octanol–water partition coefficient (Wildman–Crippen LogP) is 1.93. The summed E-state index contributed by atoms with van der Waals surface area (Å²) in [4.78, 5) is 0. The molecule has 4 nitrogen and oxygen atoms in total. The van der Waals surface area contributed by atoms with Crippen molar-refractivity contribution in [2.75, 3.05) is 13.2 Å². The summed E-state index contributed by atoms with van der Waals surface area (Å²) in [6.07, 6.45) is 3.80. The molecule has 0 aliphatic carbocycles. The molecule has 1 unspecified atom stereocenters. The van der Waals surface area contributed by atoms with Crippen molar-refractivity contribution in [2.24, 2.45) is 17.8 Å². The highest BCUT2D eigenvalue weighted by Gasteiger charge is 2.47. The summed E-state index contributed by atoms with van der Waals surface area (Å²) in [6, 6.07) is 0. The summed E-state index contributed by atoms with van der Waals surface area (Å²) in [7, 11) is 0. The monoisotopic (exact) mass is 272 g/mol. The summed E-state index contributed by atoms with van der Waals surface area (Å²) in [5.41, 5.74) is 0. The van der Waals surface area contributed by atoms with Gasteiger partial charge in [-0.05, 0) is 24.7 Å². The summed E-state index contributed by atoms with van der Waals surface area (Å²) in [5.74, 6) is 0.429. The molecule has 2 rings (SSSR count). The minimum absolute atomic E-state index is 0.0477. The Hall–Kier alpha value is -0.160. The van der Waals surface area contributed by atoms with Crippen molar-refractivity contribution >= 4 is 0 Å². The van der Waals surface area contributed by atoms with Crippen LogP contribution >= 0.6 is 0 Å². The third kappa shape index (κ3) is 3.13. The van der Waals surface area contributed by atoms with E-state index >= 15 is 0 Å². The maximum Gasteiger partial charge on any atom is 0.169 e. The van der Waals surface area contributed by atoms with Crippen molar-refractivity contribution in [3.05, 3.63) is 0 Å². The molecular weight excluding hydrogens is 244 g/mol. The first kappa shape index (κ1) is 15.2. The molecule has 1 spiro atoms. The lowest BCUT2D eigenvalue weighted by atomic mass is 9.82. The molecule has 0 amide bonds. The number of hydrogen-bond acceptors (Lipinski definition) is 4. The molecule has 2 aliphatic heterocycles. The van der Waals surface area contributed by atoms with E-state index in [4.69, 9.17) is 9.47 Å². The molecule has 0 saturated carbocycles. The van der Waals surface area contributed by atoms with Crippen LogP contribution in [0.3, 0.4) is 0 Å². The molecular formula is C15H28O4. The third-order valence-corrected chi connectivity index (χ3v) is 4.90. The largest absolute Gasteiger partial charge is 0.396 e. The summed E-state index contributed by atoms with van der Waals surface area (Å²) >= 11 is 0. The quantitative estimate of drug-likeness (QED) is 0.824. The van der Waals surface area contributed by atoms with E-state index in [1.54, 1.807) is 0 Å². The van der Waals surface area contributed by atoms with Crippen LogP contribution in [0.25, 0.3) is 0 Å². The molecule has 2 N–H and O–H groups in total. The van der Waals surface area contributed by atoms with Gasteiger partial charge in [0.1, 0.15) is 0 Å². The Labute approximate surface area is 116 Å². The molecule has 0 bridgehead atoms. The van der Waals surface area contributed by atoms with Crippen molar-refractivity contribution < 1.29 is 19.7 Å². The molecule has 6 atom stereocenters. The molecule has 0 aromatic carbocycles. The highest BCUT2D eigenvalue weighted by Crippen LogP contribution is 2.43. The molecule has 2 heterocycles. The summed E-state index contributed by atoms with van der Waals surface area (Å²) < 4.78 is 12.4.